The van der Waals surface area contributed by atoms with Gasteiger partial charge in [0.05, 0.1) is 6.10 Å². The Kier molecular flexibility index (Phi) is 3.88. The van der Waals surface area contributed by atoms with E-state index in [4.69, 9.17) is 0 Å². The Morgan fingerprint density at radius 2 is 2.27 bits per heavy atom. The van der Waals surface area contributed by atoms with Crippen LogP contribution in [0.5, 0.6) is 0 Å². The summed E-state index contributed by atoms with van der Waals surface area (Å²) in [4.78, 5) is 4.15. The lowest BCUT2D eigenvalue weighted by Gasteiger charge is -2.29. The lowest BCUT2D eigenvalue weighted by atomic mass is 9.99. The largest absolute Gasteiger partial charge is 0.392 e. The summed E-state index contributed by atoms with van der Waals surface area (Å²) in [5.74, 6) is 1.02. The van der Waals surface area contributed by atoms with E-state index in [0.29, 0.717) is 0 Å². The Morgan fingerprint density at radius 1 is 1.60 bits per heavy atom. The molecule has 0 aromatic carbocycles. The van der Waals surface area contributed by atoms with Crippen molar-refractivity contribution in [1.29, 1.82) is 0 Å². The molecule has 4 nitrogen and oxygen atoms in total. The molecule has 1 aromatic rings. The maximum absolute atomic E-state index is 9.51. The molecule has 0 amide bonds. The van der Waals surface area contributed by atoms with Gasteiger partial charge in [-0.25, -0.2) is 4.98 Å². The first-order valence-corrected chi connectivity index (χ1v) is 5.34. The van der Waals surface area contributed by atoms with Crippen molar-refractivity contribution < 1.29 is 5.11 Å². The van der Waals surface area contributed by atoms with E-state index in [2.05, 4.69) is 14.9 Å². The quantitative estimate of drug-likeness (QED) is 0.762. The highest BCUT2D eigenvalue weighted by atomic mass is 16.3. The van der Waals surface area contributed by atoms with Crippen LogP contribution in [0.1, 0.15) is 26.6 Å². The van der Waals surface area contributed by atoms with Crippen molar-refractivity contribution >= 4 is 0 Å². The fourth-order valence-electron chi connectivity index (χ4n) is 1.29. The van der Waals surface area contributed by atoms with Gasteiger partial charge in [-0.15, -0.1) is 0 Å². The molecule has 0 bridgehead atoms. The van der Waals surface area contributed by atoms with E-state index in [1.807, 2.05) is 27.0 Å². The van der Waals surface area contributed by atoms with E-state index in [9.17, 15) is 5.11 Å². The van der Waals surface area contributed by atoms with Gasteiger partial charge in [0.25, 0.3) is 0 Å². The van der Waals surface area contributed by atoms with Crippen molar-refractivity contribution in [2.24, 2.45) is 0 Å². The molecule has 1 unspecified atom stereocenters. The third kappa shape index (κ3) is 3.32. The maximum Gasteiger partial charge on any atom is 0.105 e. The zero-order valence-electron chi connectivity index (χ0n) is 9.99. The van der Waals surface area contributed by atoms with Gasteiger partial charge in [0.2, 0.25) is 0 Å². The van der Waals surface area contributed by atoms with Gasteiger partial charge in [-0.05, 0) is 27.7 Å². The number of aryl methyl sites for hydroxylation is 1. The fraction of sp³-hybridized carbons (Fsp3) is 0.727. The number of aliphatic hydroxyl groups is 1. The van der Waals surface area contributed by atoms with Gasteiger partial charge in [0, 0.05) is 31.0 Å². The van der Waals surface area contributed by atoms with Crippen LogP contribution in [0, 0.1) is 6.92 Å². The molecule has 1 aromatic heterocycles. The summed E-state index contributed by atoms with van der Waals surface area (Å²) in [6.07, 6.45) is 3.41. The van der Waals surface area contributed by atoms with Crippen LogP contribution in [-0.4, -0.2) is 32.8 Å². The molecular formula is C11H21N3O. The Hall–Kier alpha value is -0.870. The van der Waals surface area contributed by atoms with Crippen LogP contribution in [0.25, 0.3) is 0 Å². The first-order valence-electron chi connectivity index (χ1n) is 5.34. The monoisotopic (exact) mass is 211 g/mol. The van der Waals surface area contributed by atoms with Crippen LogP contribution in [-0.2, 0) is 6.54 Å². The van der Waals surface area contributed by atoms with Crippen molar-refractivity contribution in [1.82, 2.24) is 14.9 Å². The molecule has 2 N–H and O–H groups in total. The third-order valence-corrected chi connectivity index (χ3v) is 2.90. The molecule has 4 heteroatoms. The topological polar surface area (TPSA) is 50.1 Å². The van der Waals surface area contributed by atoms with E-state index in [1.54, 1.807) is 13.1 Å². The maximum atomic E-state index is 9.51. The van der Waals surface area contributed by atoms with Crippen molar-refractivity contribution in [3.05, 3.63) is 18.2 Å². The zero-order valence-corrected chi connectivity index (χ0v) is 9.99. The number of nitrogens with one attached hydrogen (secondary N) is 1. The van der Waals surface area contributed by atoms with Crippen molar-refractivity contribution in [2.75, 3.05) is 6.54 Å². The van der Waals surface area contributed by atoms with Crippen molar-refractivity contribution in [3.8, 4) is 0 Å². The molecule has 1 atom stereocenters. The molecule has 0 saturated heterocycles. The molecule has 15 heavy (non-hydrogen) atoms. The molecule has 0 spiro atoms. The number of hydrogen-bond donors (Lipinski definition) is 2. The molecule has 0 fully saturated rings. The fourth-order valence-corrected chi connectivity index (χ4v) is 1.29. The van der Waals surface area contributed by atoms with Crippen LogP contribution >= 0.6 is 0 Å². The van der Waals surface area contributed by atoms with Crippen LogP contribution in [0.4, 0.5) is 0 Å². The van der Waals surface area contributed by atoms with Crippen LogP contribution in [0.2, 0.25) is 0 Å². The first-order chi connectivity index (χ1) is 6.93. The SMILES string of the molecule is Cc1nccn1CCNC(C)(C)C(C)O. The number of imidazole rings is 1. The smallest absolute Gasteiger partial charge is 0.105 e. The minimum Gasteiger partial charge on any atom is -0.392 e. The van der Waals surface area contributed by atoms with Gasteiger partial charge in [0.1, 0.15) is 5.82 Å². The van der Waals surface area contributed by atoms with E-state index in [0.717, 1.165) is 18.9 Å². The summed E-state index contributed by atoms with van der Waals surface area (Å²) >= 11 is 0. The number of hydrogen-bond acceptors (Lipinski definition) is 3. The molecule has 86 valence electrons. The lowest BCUT2D eigenvalue weighted by molar-refractivity contribution is 0.0963. The second-order valence-electron chi connectivity index (χ2n) is 4.49. The summed E-state index contributed by atoms with van der Waals surface area (Å²) in [5.41, 5.74) is -0.242. The van der Waals surface area contributed by atoms with Crippen LogP contribution < -0.4 is 5.32 Å². The molecule has 1 heterocycles. The second-order valence-corrected chi connectivity index (χ2v) is 4.49. The van der Waals surface area contributed by atoms with Gasteiger partial charge in [-0.1, -0.05) is 0 Å². The Bertz CT molecular complexity index is 305. The number of aromatic nitrogens is 2. The number of rotatable bonds is 5. The Morgan fingerprint density at radius 3 is 2.73 bits per heavy atom. The lowest BCUT2D eigenvalue weighted by Crippen LogP contribution is -2.49. The third-order valence-electron chi connectivity index (χ3n) is 2.90. The molecule has 0 radical (unpaired) electrons. The van der Waals surface area contributed by atoms with E-state index < -0.39 is 0 Å². The Balaban J connectivity index is 2.37. The predicted octanol–water partition coefficient (Wildman–Crippen LogP) is 0.941. The van der Waals surface area contributed by atoms with Crippen molar-refractivity contribution in [2.45, 2.75) is 45.9 Å². The van der Waals surface area contributed by atoms with Gasteiger partial charge < -0.3 is 15.0 Å². The molecule has 0 aliphatic heterocycles. The van der Waals surface area contributed by atoms with Gasteiger partial charge in [0.15, 0.2) is 0 Å². The van der Waals surface area contributed by atoms with Gasteiger partial charge >= 0.3 is 0 Å². The normalized spacial score (nSPS) is 14.2. The first kappa shape index (κ1) is 12.2. The summed E-state index contributed by atoms with van der Waals surface area (Å²) in [6, 6.07) is 0. The minimum absolute atomic E-state index is 0.242. The average Bonchev–Trinajstić information content (AvgIpc) is 2.51. The minimum atomic E-state index is -0.360. The van der Waals surface area contributed by atoms with Gasteiger partial charge in [-0.3, -0.25) is 0 Å². The zero-order chi connectivity index (χ0) is 11.5. The van der Waals surface area contributed by atoms with E-state index >= 15 is 0 Å². The highest BCUT2D eigenvalue weighted by molar-refractivity contribution is 4.89. The van der Waals surface area contributed by atoms with E-state index in [1.165, 1.54) is 0 Å². The summed E-state index contributed by atoms with van der Waals surface area (Å²) in [7, 11) is 0. The van der Waals surface area contributed by atoms with Crippen LogP contribution in [0.3, 0.4) is 0 Å². The molecule has 0 aliphatic carbocycles. The Labute approximate surface area is 91.3 Å². The standard InChI is InChI=1S/C11H21N3O/c1-9(15)11(3,4)13-6-8-14-7-5-12-10(14)2/h5,7,9,13,15H,6,8H2,1-4H3. The number of nitrogens with zero attached hydrogens (tertiary/aromatic N) is 2. The highest BCUT2D eigenvalue weighted by Crippen LogP contribution is 2.07. The second kappa shape index (κ2) is 4.77. The molecular weight excluding hydrogens is 190 g/mol. The summed E-state index contributed by atoms with van der Waals surface area (Å²) in [6.45, 7) is 9.49. The van der Waals surface area contributed by atoms with Gasteiger partial charge in [-0.2, -0.15) is 0 Å². The number of aliphatic hydroxyl groups excluding tert-OH is 1. The molecule has 0 saturated carbocycles. The predicted molar refractivity (Wildman–Crippen MR) is 60.7 cm³/mol. The summed E-state index contributed by atoms with van der Waals surface area (Å²) < 4.78 is 2.09. The highest BCUT2D eigenvalue weighted by Gasteiger charge is 2.22. The average molecular weight is 211 g/mol. The van der Waals surface area contributed by atoms with E-state index in [-0.39, 0.29) is 11.6 Å². The molecule has 1 rings (SSSR count). The molecule has 0 aliphatic rings. The van der Waals surface area contributed by atoms with Crippen molar-refractivity contribution in [3.63, 3.8) is 0 Å². The summed E-state index contributed by atoms with van der Waals surface area (Å²) in [5, 5.41) is 12.8. The van der Waals surface area contributed by atoms with Crippen LogP contribution in [0.15, 0.2) is 12.4 Å².